The number of ether oxygens (including phenoxy) is 2. The first-order valence-electron chi connectivity index (χ1n) is 23.9. The topological polar surface area (TPSA) is 93.1 Å². The maximum Gasteiger partial charge on any atom is 0.460 e. The van der Waals surface area contributed by atoms with E-state index in [4.69, 9.17) is 0 Å². The number of carbonyl (C=O) groups is 2. The lowest BCUT2D eigenvalue weighted by Gasteiger charge is -2.46. The number of aliphatic hydroxyl groups excluding tert-OH is 2. The van der Waals surface area contributed by atoms with Crippen molar-refractivity contribution in [3.63, 3.8) is 0 Å². The van der Waals surface area contributed by atoms with Gasteiger partial charge < -0.3 is 19.7 Å². The Balaban J connectivity index is 6.41. The van der Waals surface area contributed by atoms with Gasteiger partial charge in [0.1, 0.15) is 13.2 Å². The van der Waals surface area contributed by atoms with Crippen LogP contribution in [0.15, 0.2) is 0 Å². The molecular formula is C40H20F58O6. The predicted octanol–water partition coefficient (Wildman–Crippen LogP) is 18.8. The number of esters is 2. The highest BCUT2D eigenvalue weighted by atomic mass is 19.5. The monoisotopic (exact) mass is 1700 g/mol. The van der Waals surface area contributed by atoms with Gasteiger partial charge in [-0.2, -0.15) is 255 Å². The molecule has 0 spiro atoms. The molecule has 2 atom stereocenters. The Hall–Kier alpha value is -5.20. The number of hydrogen-bond acceptors (Lipinski definition) is 6. The summed E-state index contributed by atoms with van der Waals surface area (Å²) in [6.45, 7) is -5.14. The van der Waals surface area contributed by atoms with E-state index in [0.29, 0.717) is 0 Å². The first kappa shape index (κ1) is 98.8. The third-order valence-corrected chi connectivity index (χ3v) is 13.2. The van der Waals surface area contributed by atoms with Crippen molar-refractivity contribution >= 4 is 11.9 Å². The molecule has 622 valence electrons. The normalized spacial score (nSPS) is 17.2. The smallest absolute Gasteiger partial charge is 0.460 e. The first-order chi connectivity index (χ1) is 44.3. The van der Waals surface area contributed by atoms with E-state index >= 15 is 0 Å². The van der Waals surface area contributed by atoms with Gasteiger partial charge in [-0.05, 0) is 12.8 Å². The average Bonchev–Trinajstić information content (AvgIpc) is 0.685. The average molecular weight is 1700 g/mol. The van der Waals surface area contributed by atoms with Crippen LogP contribution in [0.3, 0.4) is 0 Å². The molecule has 0 aliphatic rings. The molecule has 0 heterocycles. The third kappa shape index (κ3) is 13.6. The van der Waals surface area contributed by atoms with E-state index in [9.17, 15) is 274 Å². The summed E-state index contributed by atoms with van der Waals surface area (Å²) in [5.74, 6) is -255. The number of alkyl halides is 58. The van der Waals surface area contributed by atoms with Crippen molar-refractivity contribution in [2.45, 2.75) is 217 Å². The van der Waals surface area contributed by atoms with E-state index in [1.165, 1.54) is 0 Å². The molecule has 64 heteroatoms. The number of hydrogen-bond donors (Lipinski definition) is 2. The van der Waals surface area contributed by atoms with Crippen molar-refractivity contribution in [2.75, 3.05) is 13.2 Å². The van der Waals surface area contributed by atoms with Crippen LogP contribution in [-0.2, 0) is 19.1 Å². The Labute approximate surface area is 527 Å². The van der Waals surface area contributed by atoms with Crippen molar-refractivity contribution in [3.05, 3.63) is 0 Å². The van der Waals surface area contributed by atoms with Gasteiger partial charge in [-0.25, -0.2) is 0 Å². The minimum absolute atomic E-state index is 1.20. The third-order valence-electron chi connectivity index (χ3n) is 13.2. The van der Waals surface area contributed by atoms with E-state index < -0.39 is 242 Å². The molecule has 2 N–H and O–H groups in total. The molecule has 0 aromatic heterocycles. The number of aliphatic hydroxyl groups is 2. The summed E-state index contributed by atoms with van der Waals surface area (Å²) in [7, 11) is 0. The van der Waals surface area contributed by atoms with Crippen LogP contribution in [0.4, 0.5) is 255 Å². The highest BCUT2D eigenvalue weighted by Crippen LogP contribution is 2.72. The fourth-order valence-corrected chi connectivity index (χ4v) is 6.79. The summed E-state index contributed by atoms with van der Waals surface area (Å²) in [5, 5.41) is 18.8. The van der Waals surface area contributed by atoms with Crippen molar-refractivity contribution in [1.82, 2.24) is 0 Å². The molecule has 0 saturated carbocycles. The van der Waals surface area contributed by atoms with Gasteiger partial charge in [0.2, 0.25) is 0 Å². The Bertz CT molecular complexity index is 2790. The lowest BCUT2D eigenvalue weighted by Crippen LogP contribution is -2.79. The number of carbonyl (C=O) groups excluding carboxylic acids is 2. The molecule has 0 amide bonds. The Kier molecular flexibility index (Phi) is 25.5. The first-order valence-corrected chi connectivity index (χ1v) is 23.9. The second kappa shape index (κ2) is 26.8. The van der Waals surface area contributed by atoms with Gasteiger partial charge in [-0.15, -0.1) is 0 Å². The molecule has 0 saturated heterocycles. The molecule has 0 fully saturated rings. The van der Waals surface area contributed by atoms with Gasteiger partial charge in [0.15, 0.2) is 0 Å². The van der Waals surface area contributed by atoms with Crippen molar-refractivity contribution in [3.8, 4) is 0 Å². The number of unbranched alkanes of at least 4 members (excludes halogenated alkanes) is 1. The van der Waals surface area contributed by atoms with Crippen molar-refractivity contribution in [2.24, 2.45) is 0 Å². The molecule has 6 nitrogen and oxygen atoms in total. The SMILES string of the molecule is O=C(CCCCC(=O)OCC(O)CC(F)(F)C(F)(F)C(F)(F)C(F)(F)C(F)(F)C(F)(F)C(F)(F)C(F)(F)C(F)(F)C(F)(F)C(F)(F)C(F)(F)C(F)(F)C(F)(F)F)OCC(O)CC(F)(F)C(F)(F)C(F)(F)C(F)(F)C(F)(F)C(F)(F)C(F)(F)C(F)(F)C(F)(F)C(F)(F)C(F)(F)C(F)(F)C(F)(F)C(F)(F)F. The van der Waals surface area contributed by atoms with Gasteiger partial charge in [-0.3, -0.25) is 9.59 Å². The van der Waals surface area contributed by atoms with E-state index in [1.807, 2.05) is 0 Å². The fourth-order valence-electron chi connectivity index (χ4n) is 6.79. The van der Waals surface area contributed by atoms with Crippen LogP contribution >= 0.6 is 0 Å². The minimum Gasteiger partial charge on any atom is -0.463 e. The van der Waals surface area contributed by atoms with Crippen molar-refractivity contribution in [1.29, 1.82) is 0 Å². The summed E-state index contributed by atoms with van der Waals surface area (Å²) in [5.41, 5.74) is 0. The molecule has 0 radical (unpaired) electrons. The second-order valence-corrected chi connectivity index (χ2v) is 20.5. The van der Waals surface area contributed by atoms with Gasteiger partial charge in [0, 0.05) is 25.7 Å². The molecule has 2 unspecified atom stereocenters. The zero-order valence-corrected chi connectivity index (χ0v) is 46.3. The van der Waals surface area contributed by atoms with Crippen LogP contribution in [0.5, 0.6) is 0 Å². The lowest BCUT2D eigenvalue weighted by atomic mass is 9.83. The van der Waals surface area contributed by atoms with E-state index in [0.717, 1.165) is 0 Å². The Morgan fingerprint density at radius 1 is 0.202 bits per heavy atom. The highest BCUT2D eigenvalue weighted by Gasteiger charge is 3.04. The molecule has 0 rings (SSSR count). The molecule has 0 aromatic carbocycles. The molecule has 0 aliphatic carbocycles. The van der Waals surface area contributed by atoms with Gasteiger partial charge >= 0.3 is 178 Å². The zero-order chi connectivity index (χ0) is 85.4. The molecule has 0 aliphatic heterocycles. The van der Waals surface area contributed by atoms with Gasteiger partial charge in [0.05, 0.1) is 12.2 Å². The highest BCUT2D eigenvalue weighted by molar-refractivity contribution is 5.70. The van der Waals surface area contributed by atoms with E-state index in [2.05, 4.69) is 9.47 Å². The summed E-state index contributed by atoms with van der Waals surface area (Å²) in [6, 6.07) is 0. The molecule has 104 heavy (non-hydrogen) atoms. The predicted molar refractivity (Wildman–Crippen MR) is 202 cm³/mol. The standard InChI is InChI=1S/C40H20F58O6/c41-13(42,15(45,46)17(49,50)19(53,54)21(57,58)23(61,62)25(65,66)27(69,70)29(73,74)31(77,78)33(81,82)35(85,86)37(89,90)39(93,94)95)5-9(99)7-103-11(101)3-1-2-4-12(102)104-8-10(100)6-14(43,44)16(47,48)18(51,52)20(55,56)22(59,60)24(63,64)26(67,68)28(71,72)30(75,76)32(79,80)34(83,84)36(87,88)38(91,92)40(96,97)98/h9-10,99-100H,1-8H2. The summed E-state index contributed by atoms with van der Waals surface area (Å²) in [4.78, 5) is 23.5. The van der Waals surface area contributed by atoms with Crippen molar-refractivity contribution < 1.29 is 284 Å². The number of halogens is 58. The fraction of sp³-hybridized carbons (Fsp3) is 0.950. The summed E-state index contributed by atoms with van der Waals surface area (Å²) >= 11 is 0. The van der Waals surface area contributed by atoms with E-state index in [1.54, 1.807) is 0 Å². The molecule has 0 bridgehead atoms. The van der Waals surface area contributed by atoms with Gasteiger partial charge in [-0.1, -0.05) is 0 Å². The van der Waals surface area contributed by atoms with Gasteiger partial charge in [0.25, 0.3) is 0 Å². The van der Waals surface area contributed by atoms with Crippen LogP contribution in [0.25, 0.3) is 0 Å². The quantitative estimate of drug-likeness (QED) is 0.0366. The Morgan fingerprint density at radius 3 is 0.442 bits per heavy atom. The zero-order valence-electron chi connectivity index (χ0n) is 46.3. The lowest BCUT2D eigenvalue weighted by molar-refractivity contribution is -0.487. The Morgan fingerprint density at radius 2 is 0.317 bits per heavy atom. The van der Waals surface area contributed by atoms with Crippen LogP contribution in [0, 0.1) is 0 Å². The molecular weight excluding hydrogens is 1680 g/mol. The van der Waals surface area contributed by atoms with E-state index in [-0.39, 0.29) is 0 Å². The second-order valence-electron chi connectivity index (χ2n) is 20.5. The minimum atomic E-state index is -10.3. The van der Waals surface area contributed by atoms with Crippen LogP contribution in [0.1, 0.15) is 38.5 Å². The van der Waals surface area contributed by atoms with Crippen LogP contribution in [-0.4, -0.2) is 214 Å². The largest absolute Gasteiger partial charge is 0.463 e. The molecule has 0 aromatic rings. The summed E-state index contributed by atoms with van der Waals surface area (Å²) < 4.78 is 806. The maximum atomic E-state index is 14.3. The van der Waals surface area contributed by atoms with Crippen LogP contribution < -0.4 is 0 Å². The number of rotatable bonds is 37. The van der Waals surface area contributed by atoms with Crippen LogP contribution in [0.2, 0.25) is 0 Å². The summed E-state index contributed by atoms with van der Waals surface area (Å²) in [6.07, 6.45) is -38.5. The maximum absolute atomic E-state index is 14.3.